The molecule has 3 rings (SSSR count). The molecule has 0 aromatic heterocycles. The van der Waals surface area contributed by atoms with E-state index in [4.69, 9.17) is 10.00 Å². The van der Waals surface area contributed by atoms with Crippen molar-refractivity contribution in [3.8, 4) is 6.07 Å². The van der Waals surface area contributed by atoms with Gasteiger partial charge in [-0.05, 0) is 30.5 Å². The Balaban J connectivity index is 1.98. The average molecular weight is 280 g/mol. The van der Waals surface area contributed by atoms with Gasteiger partial charge in [0.25, 0.3) is 0 Å². The maximum absolute atomic E-state index is 13.7. The van der Waals surface area contributed by atoms with Gasteiger partial charge in [-0.3, -0.25) is 0 Å². The van der Waals surface area contributed by atoms with Crippen LogP contribution in [0, 0.1) is 23.0 Å². The van der Waals surface area contributed by atoms with Gasteiger partial charge in [0.05, 0.1) is 18.8 Å². The summed E-state index contributed by atoms with van der Waals surface area (Å²) in [6.07, 6.45) is 0.655. The van der Waals surface area contributed by atoms with E-state index < -0.39 is 22.8 Å². The highest BCUT2D eigenvalue weighted by Crippen LogP contribution is 2.37. The zero-order chi connectivity index (χ0) is 14.3. The van der Waals surface area contributed by atoms with Crippen LogP contribution in [0.1, 0.15) is 24.0 Å². The van der Waals surface area contributed by atoms with E-state index in [2.05, 4.69) is 5.32 Å². The number of ether oxygens (including phenoxy) is 1. The van der Waals surface area contributed by atoms with Gasteiger partial charge < -0.3 is 15.2 Å². The van der Waals surface area contributed by atoms with Gasteiger partial charge in [-0.2, -0.15) is 5.26 Å². The highest BCUT2D eigenvalue weighted by atomic mass is 19.1. The van der Waals surface area contributed by atoms with Crippen LogP contribution in [0.25, 0.3) is 0 Å². The molecule has 1 aromatic carbocycles. The molecular weight excluding hydrogens is 266 g/mol. The summed E-state index contributed by atoms with van der Waals surface area (Å²) in [5, 5.41) is 22.7. The lowest BCUT2D eigenvalue weighted by Crippen LogP contribution is -2.58. The first-order valence-electron chi connectivity index (χ1n) is 6.47. The Bertz CT molecular complexity index is 550. The zero-order valence-electron chi connectivity index (χ0n) is 10.7. The molecule has 106 valence electrons. The van der Waals surface area contributed by atoms with Crippen LogP contribution in [0.2, 0.25) is 0 Å². The number of aliphatic hydroxyl groups is 1. The first-order chi connectivity index (χ1) is 9.51. The molecule has 2 N–H and O–H groups in total. The monoisotopic (exact) mass is 280 g/mol. The maximum atomic E-state index is 13.7. The highest BCUT2D eigenvalue weighted by Gasteiger charge is 2.42. The minimum atomic E-state index is -1.29. The summed E-state index contributed by atoms with van der Waals surface area (Å²) in [5.41, 5.74) is -1.72. The van der Waals surface area contributed by atoms with Gasteiger partial charge in [-0.15, -0.1) is 0 Å². The number of morpholine rings is 1. The van der Waals surface area contributed by atoms with Crippen LogP contribution >= 0.6 is 0 Å². The predicted molar refractivity (Wildman–Crippen MR) is 65.7 cm³/mol. The van der Waals surface area contributed by atoms with Crippen molar-refractivity contribution in [2.45, 2.75) is 30.5 Å². The van der Waals surface area contributed by atoms with E-state index in [1.807, 2.05) is 0 Å². The summed E-state index contributed by atoms with van der Waals surface area (Å²) in [6, 6.07) is 3.53. The molecule has 0 aliphatic carbocycles. The number of piperidine rings is 1. The van der Waals surface area contributed by atoms with Crippen molar-refractivity contribution in [2.75, 3.05) is 13.2 Å². The van der Waals surface area contributed by atoms with E-state index >= 15 is 0 Å². The lowest BCUT2D eigenvalue weighted by Gasteiger charge is -2.45. The summed E-state index contributed by atoms with van der Waals surface area (Å²) in [7, 11) is 0. The van der Waals surface area contributed by atoms with Crippen LogP contribution in [0.4, 0.5) is 8.78 Å². The molecule has 2 unspecified atom stereocenters. The summed E-state index contributed by atoms with van der Waals surface area (Å²) in [4.78, 5) is 0. The number of nitriles is 1. The van der Waals surface area contributed by atoms with E-state index in [0.29, 0.717) is 26.1 Å². The Labute approximate surface area is 115 Å². The van der Waals surface area contributed by atoms with Crippen molar-refractivity contribution in [2.24, 2.45) is 0 Å². The molecule has 2 bridgehead atoms. The topological polar surface area (TPSA) is 65.3 Å². The van der Waals surface area contributed by atoms with Crippen LogP contribution in [0.5, 0.6) is 0 Å². The van der Waals surface area contributed by atoms with Gasteiger partial charge in [-0.25, -0.2) is 8.78 Å². The SMILES string of the molecule is N#Cc1c(F)cc(C2(O)CC3COCC(C2)N3)cc1F. The largest absolute Gasteiger partial charge is 0.385 e. The fourth-order valence-electron chi connectivity index (χ4n) is 3.10. The first-order valence-corrected chi connectivity index (χ1v) is 6.47. The van der Waals surface area contributed by atoms with Crippen molar-refractivity contribution in [3.63, 3.8) is 0 Å². The number of rotatable bonds is 1. The number of hydrogen-bond donors (Lipinski definition) is 2. The molecule has 0 saturated carbocycles. The summed E-state index contributed by atoms with van der Waals surface area (Å²) in [6.45, 7) is 0.945. The van der Waals surface area contributed by atoms with Crippen LogP contribution in [0.3, 0.4) is 0 Å². The standard InChI is InChI=1S/C14H14F2N2O2/c15-12-1-8(2-13(16)11(12)5-17)14(19)3-9-6-20-7-10(4-14)18-9/h1-2,9-10,18-19H,3-4,6-7H2. The van der Waals surface area contributed by atoms with Crippen LogP contribution < -0.4 is 5.32 Å². The number of halogens is 2. The van der Waals surface area contributed by atoms with Crippen molar-refractivity contribution in [1.82, 2.24) is 5.32 Å². The first kappa shape index (κ1) is 13.4. The van der Waals surface area contributed by atoms with Crippen molar-refractivity contribution in [3.05, 3.63) is 34.9 Å². The second-order valence-electron chi connectivity index (χ2n) is 5.46. The average Bonchev–Trinajstić information content (AvgIpc) is 2.37. The number of nitrogens with one attached hydrogen (secondary N) is 1. The Morgan fingerprint density at radius 3 is 2.30 bits per heavy atom. The summed E-state index contributed by atoms with van der Waals surface area (Å²) in [5.74, 6) is -1.87. The number of nitrogens with zero attached hydrogens (tertiary/aromatic N) is 1. The van der Waals surface area contributed by atoms with Gasteiger partial charge >= 0.3 is 0 Å². The molecule has 2 aliphatic rings. The van der Waals surface area contributed by atoms with Gasteiger partial charge in [0, 0.05) is 12.1 Å². The lowest BCUT2D eigenvalue weighted by molar-refractivity contribution is -0.0804. The van der Waals surface area contributed by atoms with E-state index in [1.165, 1.54) is 6.07 Å². The molecule has 6 heteroatoms. The molecular formula is C14H14F2N2O2. The summed E-state index contributed by atoms with van der Waals surface area (Å²) < 4.78 is 32.8. The molecule has 2 atom stereocenters. The second kappa shape index (κ2) is 4.77. The Hall–Kier alpha value is -1.55. The number of hydrogen-bond acceptors (Lipinski definition) is 4. The van der Waals surface area contributed by atoms with E-state index in [9.17, 15) is 13.9 Å². The smallest absolute Gasteiger partial charge is 0.144 e. The molecule has 2 aliphatic heterocycles. The van der Waals surface area contributed by atoms with Crippen molar-refractivity contribution >= 4 is 0 Å². The molecule has 4 nitrogen and oxygen atoms in total. The number of fused-ring (bicyclic) bond motifs is 2. The van der Waals surface area contributed by atoms with Gasteiger partial charge in [-0.1, -0.05) is 0 Å². The molecule has 2 saturated heterocycles. The van der Waals surface area contributed by atoms with Gasteiger partial charge in [0.15, 0.2) is 0 Å². The fraction of sp³-hybridized carbons (Fsp3) is 0.500. The Morgan fingerprint density at radius 1 is 1.25 bits per heavy atom. The molecule has 0 spiro atoms. The third-order valence-electron chi connectivity index (χ3n) is 3.97. The Morgan fingerprint density at radius 2 is 1.80 bits per heavy atom. The predicted octanol–water partition coefficient (Wildman–Crippen LogP) is 1.17. The quantitative estimate of drug-likeness (QED) is 0.810. The van der Waals surface area contributed by atoms with Gasteiger partial charge in [0.2, 0.25) is 0 Å². The van der Waals surface area contributed by atoms with Gasteiger partial charge in [0.1, 0.15) is 23.3 Å². The Kier molecular flexibility index (Phi) is 3.21. The highest BCUT2D eigenvalue weighted by molar-refractivity contribution is 5.37. The fourth-order valence-corrected chi connectivity index (χ4v) is 3.10. The lowest BCUT2D eigenvalue weighted by atomic mass is 9.78. The third kappa shape index (κ3) is 2.18. The van der Waals surface area contributed by atoms with E-state index in [1.54, 1.807) is 0 Å². The normalized spacial score (nSPS) is 32.7. The van der Waals surface area contributed by atoms with E-state index in [-0.39, 0.29) is 17.6 Å². The molecule has 0 amide bonds. The van der Waals surface area contributed by atoms with Crippen LogP contribution in [-0.2, 0) is 10.3 Å². The molecule has 0 radical (unpaired) electrons. The second-order valence-corrected chi connectivity index (χ2v) is 5.46. The van der Waals surface area contributed by atoms with Crippen LogP contribution in [-0.4, -0.2) is 30.4 Å². The molecule has 2 fully saturated rings. The van der Waals surface area contributed by atoms with Crippen molar-refractivity contribution < 1.29 is 18.6 Å². The van der Waals surface area contributed by atoms with Crippen molar-refractivity contribution in [1.29, 1.82) is 5.26 Å². The number of benzene rings is 1. The minimum Gasteiger partial charge on any atom is -0.385 e. The van der Waals surface area contributed by atoms with E-state index in [0.717, 1.165) is 12.1 Å². The third-order valence-corrected chi connectivity index (χ3v) is 3.97. The molecule has 20 heavy (non-hydrogen) atoms. The molecule has 2 heterocycles. The maximum Gasteiger partial charge on any atom is 0.144 e. The molecule has 1 aromatic rings. The van der Waals surface area contributed by atoms with Crippen LogP contribution in [0.15, 0.2) is 12.1 Å². The minimum absolute atomic E-state index is 0.0331. The zero-order valence-corrected chi connectivity index (χ0v) is 10.7. The summed E-state index contributed by atoms with van der Waals surface area (Å²) >= 11 is 0.